The molecule has 1 amide bonds. The molecular weight excluding hydrogens is 404 g/mol. The van der Waals surface area contributed by atoms with Crippen LogP contribution in [0, 0.1) is 6.92 Å². The average Bonchev–Trinajstić information content (AvgIpc) is 2.57. The van der Waals surface area contributed by atoms with E-state index in [9.17, 15) is 13.2 Å². The van der Waals surface area contributed by atoms with Crippen molar-refractivity contribution >= 4 is 37.5 Å². The second-order valence-electron chi connectivity index (χ2n) is 5.67. The van der Waals surface area contributed by atoms with Crippen LogP contribution in [0.4, 0.5) is 5.69 Å². The molecular formula is C18H21BrN2O3S. The first kappa shape index (κ1) is 19.6. The third-order valence-electron chi connectivity index (χ3n) is 3.87. The molecule has 0 aromatic heterocycles. The van der Waals surface area contributed by atoms with Crippen LogP contribution in [0.3, 0.4) is 0 Å². The second-order valence-corrected chi connectivity index (χ2v) is 8.38. The first-order valence-corrected chi connectivity index (χ1v) is 10.1. The molecule has 5 nitrogen and oxygen atoms in total. The standard InChI is InChI=1S/C18H21BrN2O3S/c1-4-21(25(23,24)17-8-6-5-7-16(17)19)14(3)18(22)20-15-11-9-13(2)10-12-15/h5-12,14H,4H2,1-3H3,(H,20,22)/t14-/m1/s1. The molecule has 0 radical (unpaired) electrons. The fraction of sp³-hybridized carbons (Fsp3) is 0.278. The summed E-state index contributed by atoms with van der Waals surface area (Å²) in [4.78, 5) is 12.7. The van der Waals surface area contributed by atoms with Crippen molar-refractivity contribution in [3.63, 3.8) is 0 Å². The number of rotatable bonds is 6. The van der Waals surface area contributed by atoms with Crippen molar-refractivity contribution in [2.45, 2.75) is 31.7 Å². The van der Waals surface area contributed by atoms with E-state index < -0.39 is 16.1 Å². The molecule has 25 heavy (non-hydrogen) atoms. The molecule has 134 valence electrons. The van der Waals surface area contributed by atoms with Crippen molar-refractivity contribution in [2.75, 3.05) is 11.9 Å². The first-order chi connectivity index (χ1) is 11.8. The van der Waals surface area contributed by atoms with Gasteiger partial charge in [0.2, 0.25) is 15.9 Å². The molecule has 0 fully saturated rings. The van der Waals surface area contributed by atoms with Crippen LogP contribution in [0.5, 0.6) is 0 Å². The van der Waals surface area contributed by atoms with Gasteiger partial charge in [-0.25, -0.2) is 8.42 Å². The molecule has 2 aromatic carbocycles. The van der Waals surface area contributed by atoms with Gasteiger partial charge in [0.15, 0.2) is 0 Å². The predicted octanol–water partition coefficient (Wildman–Crippen LogP) is 3.80. The molecule has 7 heteroatoms. The van der Waals surface area contributed by atoms with E-state index in [-0.39, 0.29) is 17.3 Å². The molecule has 0 unspecified atom stereocenters. The zero-order valence-electron chi connectivity index (χ0n) is 14.4. The van der Waals surface area contributed by atoms with Crippen molar-refractivity contribution in [2.24, 2.45) is 0 Å². The van der Waals surface area contributed by atoms with Gasteiger partial charge in [-0.1, -0.05) is 36.8 Å². The zero-order valence-corrected chi connectivity index (χ0v) is 16.8. The molecule has 0 aliphatic heterocycles. The smallest absolute Gasteiger partial charge is 0.244 e. The molecule has 2 aromatic rings. The van der Waals surface area contributed by atoms with E-state index >= 15 is 0 Å². The zero-order chi connectivity index (χ0) is 18.6. The number of nitrogens with zero attached hydrogens (tertiary/aromatic N) is 1. The van der Waals surface area contributed by atoms with Gasteiger partial charge in [-0.2, -0.15) is 4.31 Å². The normalized spacial score (nSPS) is 12.8. The van der Waals surface area contributed by atoms with Gasteiger partial charge >= 0.3 is 0 Å². The lowest BCUT2D eigenvalue weighted by Gasteiger charge is -2.26. The molecule has 0 saturated carbocycles. The highest BCUT2D eigenvalue weighted by atomic mass is 79.9. The number of hydrogen-bond donors (Lipinski definition) is 1. The summed E-state index contributed by atoms with van der Waals surface area (Å²) in [5.74, 6) is -0.374. The number of carbonyl (C=O) groups is 1. The van der Waals surface area contributed by atoms with Crippen LogP contribution in [0.15, 0.2) is 57.9 Å². The monoisotopic (exact) mass is 424 g/mol. The van der Waals surface area contributed by atoms with Crippen molar-refractivity contribution < 1.29 is 13.2 Å². The molecule has 0 heterocycles. The van der Waals surface area contributed by atoms with Gasteiger partial charge in [-0.05, 0) is 54.0 Å². The number of amides is 1. The highest BCUT2D eigenvalue weighted by Gasteiger charge is 2.32. The molecule has 0 aliphatic rings. The number of likely N-dealkylation sites (N-methyl/N-ethyl adjacent to an activating group) is 1. The number of sulfonamides is 1. The van der Waals surface area contributed by atoms with E-state index in [4.69, 9.17) is 0 Å². The van der Waals surface area contributed by atoms with Gasteiger partial charge in [0.1, 0.15) is 6.04 Å². The molecule has 2 rings (SSSR count). The Balaban J connectivity index is 2.25. The van der Waals surface area contributed by atoms with E-state index in [2.05, 4.69) is 21.2 Å². The number of benzene rings is 2. The number of anilines is 1. The number of carbonyl (C=O) groups excluding carboxylic acids is 1. The summed E-state index contributed by atoms with van der Waals surface area (Å²) >= 11 is 3.27. The predicted molar refractivity (Wildman–Crippen MR) is 103 cm³/mol. The third kappa shape index (κ3) is 4.48. The molecule has 0 bridgehead atoms. The maximum absolute atomic E-state index is 12.9. The Bertz CT molecular complexity index is 851. The summed E-state index contributed by atoms with van der Waals surface area (Å²) in [6, 6.07) is 13.1. The lowest BCUT2D eigenvalue weighted by molar-refractivity contribution is -0.119. The van der Waals surface area contributed by atoms with E-state index in [1.807, 2.05) is 19.1 Å². The molecule has 1 N–H and O–H groups in total. The van der Waals surface area contributed by atoms with Gasteiger partial charge in [0.05, 0.1) is 4.90 Å². The molecule has 0 spiro atoms. The first-order valence-electron chi connectivity index (χ1n) is 7.91. The quantitative estimate of drug-likeness (QED) is 0.766. The fourth-order valence-corrected chi connectivity index (χ4v) is 5.01. The Morgan fingerprint density at radius 3 is 2.32 bits per heavy atom. The maximum Gasteiger partial charge on any atom is 0.244 e. The van der Waals surface area contributed by atoms with Crippen molar-refractivity contribution in [1.82, 2.24) is 4.31 Å². The molecule has 0 aliphatic carbocycles. The van der Waals surface area contributed by atoms with E-state index in [0.717, 1.165) is 5.56 Å². The van der Waals surface area contributed by atoms with Gasteiger partial charge in [0, 0.05) is 16.7 Å². The van der Waals surface area contributed by atoms with Crippen LogP contribution in [-0.2, 0) is 14.8 Å². The van der Waals surface area contributed by atoms with E-state index in [0.29, 0.717) is 10.2 Å². The Kier molecular flexibility index (Phi) is 6.37. The highest BCUT2D eigenvalue weighted by molar-refractivity contribution is 9.10. The highest BCUT2D eigenvalue weighted by Crippen LogP contribution is 2.26. The number of halogens is 1. The number of aryl methyl sites for hydroxylation is 1. The van der Waals surface area contributed by atoms with Crippen LogP contribution in [0.25, 0.3) is 0 Å². The van der Waals surface area contributed by atoms with Crippen molar-refractivity contribution in [3.8, 4) is 0 Å². The van der Waals surface area contributed by atoms with Gasteiger partial charge in [-0.15, -0.1) is 0 Å². The maximum atomic E-state index is 12.9. The summed E-state index contributed by atoms with van der Waals surface area (Å²) in [6.45, 7) is 5.44. The minimum atomic E-state index is -3.80. The minimum Gasteiger partial charge on any atom is -0.325 e. The van der Waals surface area contributed by atoms with E-state index in [1.54, 1.807) is 44.2 Å². The minimum absolute atomic E-state index is 0.145. The topological polar surface area (TPSA) is 66.5 Å². The van der Waals surface area contributed by atoms with E-state index in [1.165, 1.54) is 10.4 Å². The Morgan fingerprint density at radius 1 is 1.16 bits per heavy atom. The Morgan fingerprint density at radius 2 is 1.76 bits per heavy atom. The number of hydrogen-bond acceptors (Lipinski definition) is 3. The third-order valence-corrected chi connectivity index (χ3v) is 6.92. The van der Waals surface area contributed by atoms with Crippen LogP contribution >= 0.6 is 15.9 Å². The van der Waals surface area contributed by atoms with Gasteiger partial charge in [-0.3, -0.25) is 4.79 Å². The largest absolute Gasteiger partial charge is 0.325 e. The fourth-order valence-electron chi connectivity index (χ4n) is 2.45. The lowest BCUT2D eigenvalue weighted by atomic mass is 10.2. The van der Waals surface area contributed by atoms with Gasteiger partial charge in [0.25, 0.3) is 0 Å². The summed E-state index contributed by atoms with van der Waals surface area (Å²) in [7, 11) is -3.80. The van der Waals surface area contributed by atoms with Crippen LogP contribution in [0.2, 0.25) is 0 Å². The summed E-state index contributed by atoms with van der Waals surface area (Å²) in [5.41, 5.74) is 1.72. The summed E-state index contributed by atoms with van der Waals surface area (Å²) in [5, 5.41) is 2.77. The summed E-state index contributed by atoms with van der Waals surface area (Å²) < 4.78 is 27.5. The summed E-state index contributed by atoms with van der Waals surface area (Å²) in [6.07, 6.45) is 0. The van der Waals surface area contributed by atoms with Crippen molar-refractivity contribution in [1.29, 1.82) is 0 Å². The van der Waals surface area contributed by atoms with Crippen LogP contribution in [0.1, 0.15) is 19.4 Å². The Hall–Kier alpha value is -1.70. The van der Waals surface area contributed by atoms with Crippen LogP contribution in [-0.4, -0.2) is 31.2 Å². The molecule has 1 atom stereocenters. The Labute approximate surface area is 157 Å². The van der Waals surface area contributed by atoms with Crippen molar-refractivity contribution in [3.05, 3.63) is 58.6 Å². The van der Waals surface area contributed by atoms with Gasteiger partial charge < -0.3 is 5.32 Å². The average molecular weight is 425 g/mol. The number of nitrogens with one attached hydrogen (secondary N) is 1. The molecule has 0 saturated heterocycles. The second kappa shape index (κ2) is 8.12. The van der Waals surface area contributed by atoms with Crippen LogP contribution < -0.4 is 5.32 Å². The lowest BCUT2D eigenvalue weighted by Crippen LogP contribution is -2.45. The SMILES string of the molecule is CCN([C@H](C)C(=O)Nc1ccc(C)cc1)S(=O)(=O)c1ccccc1Br.